The molecule has 1 saturated heterocycles. The van der Waals surface area contributed by atoms with E-state index in [1.165, 1.54) is 0 Å². The van der Waals surface area contributed by atoms with E-state index in [0.29, 0.717) is 49.9 Å². The molecular weight excluding hydrogens is 418 g/mol. The normalized spacial score (nSPS) is 18.7. The van der Waals surface area contributed by atoms with Gasteiger partial charge in [0.1, 0.15) is 16.7 Å². The standard InChI is InChI=1S/C22H25N3O5S/c1-3-19(25-12-14-29-15-13-25)22(26)30-17-10-8-16(9-11-17)24(2)21-18-6-4-5-7-20(18)31(27,28)23-21/h4-11,19H,3,12-15H2,1-2H3/t19-/m1/s1. The second-order valence-electron chi connectivity index (χ2n) is 7.43. The average Bonchev–Trinajstić information content (AvgIpc) is 3.06. The Morgan fingerprint density at radius 3 is 2.52 bits per heavy atom. The molecule has 9 heteroatoms. The molecule has 0 N–H and O–H groups in total. The van der Waals surface area contributed by atoms with Crippen LogP contribution < -0.4 is 9.64 Å². The predicted molar refractivity (Wildman–Crippen MR) is 117 cm³/mol. The monoisotopic (exact) mass is 443 g/mol. The van der Waals surface area contributed by atoms with Crippen molar-refractivity contribution >= 4 is 27.5 Å². The fraction of sp³-hybridized carbons (Fsp3) is 0.364. The number of carbonyl (C=O) groups excluding carboxylic acids is 1. The van der Waals surface area contributed by atoms with Crippen LogP contribution in [0.25, 0.3) is 0 Å². The molecule has 0 aromatic heterocycles. The average molecular weight is 444 g/mol. The van der Waals surface area contributed by atoms with Crippen LogP contribution in [-0.4, -0.2) is 64.5 Å². The van der Waals surface area contributed by atoms with Crippen LogP contribution in [0.2, 0.25) is 0 Å². The van der Waals surface area contributed by atoms with Gasteiger partial charge in [-0.05, 0) is 42.8 Å². The van der Waals surface area contributed by atoms with Gasteiger partial charge in [-0.15, -0.1) is 4.40 Å². The van der Waals surface area contributed by atoms with Crippen LogP contribution in [0.5, 0.6) is 5.75 Å². The maximum absolute atomic E-state index is 12.7. The minimum Gasteiger partial charge on any atom is -0.425 e. The lowest BCUT2D eigenvalue weighted by molar-refractivity contribution is -0.142. The summed E-state index contributed by atoms with van der Waals surface area (Å²) in [5, 5.41) is 0. The molecule has 0 amide bonds. The van der Waals surface area contributed by atoms with E-state index in [-0.39, 0.29) is 16.9 Å². The number of hydrogen-bond acceptors (Lipinski definition) is 7. The Morgan fingerprint density at radius 1 is 1.16 bits per heavy atom. The van der Waals surface area contributed by atoms with E-state index >= 15 is 0 Å². The summed E-state index contributed by atoms with van der Waals surface area (Å²) in [6, 6.07) is 13.4. The van der Waals surface area contributed by atoms with E-state index in [0.717, 1.165) is 5.69 Å². The Bertz CT molecular complexity index is 1090. The van der Waals surface area contributed by atoms with Crippen molar-refractivity contribution in [3.63, 3.8) is 0 Å². The molecular formula is C22H25N3O5S. The van der Waals surface area contributed by atoms with Crippen LogP contribution in [0, 0.1) is 0 Å². The Labute approximate surface area is 182 Å². The highest BCUT2D eigenvalue weighted by Gasteiger charge is 2.31. The molecule has 1 atom stereocenters. The molecule has 0 spiro atoms. The molecule has 1 fully saturated rings. The SMILES string of the molecule is CC[C@H](C(=O)Oc1ccc(N(C)C2=NS(=O)(=O)c3ccccc32)cc1)N1CCOCC1. The van der Waals surface area contributed by atoms with Gasteiger partial charge in [-0.3, -0.25) is 4.90 Å². The van der Waals surface area contributed by atoms with Crippen molar-refractivity contribution in [2.75, 3.05) is 38.3 Å². The lowest BCUT2D eigenvalue weighted by Crippen LogP contribution is -2.48. The molecule has 0 aliphatic carbocycles. The first-order valence-corrected chi connectivity index (χ1v) is 11.7. The summed E-state index contributed by atoms with van der Waals surface area (Å²) in [4.78, 5) is 16.7. The van der Waals surface area contributed by atoms with Crippen LogP contribution in [0.1, 0.15) is 18.9 Å². The van der Waals surface area contributed by atoms with Gasteiger partial charge in [-0.1, -0.05) is 19.1 Å². The number of sulfonamides is 1. The Balaban J connectivity index is 1.48. The minimum absolute atomic E-state index is 0.205. The van der Waals surface area contributed by atoms with Gasteiger partial charge in [-0.2, -0.15) is 8.42 Å². The van der Waals surface area contributed by atoms with Crippen LogP contribution in [-0.2, 0) is 19.6 Å². The molecule has 2 aromatic carbocycles. The topological polar surface area (TPSA) is 88.5 Å². The Hall–Kier alpha value is -2.75. The zero-order chi connectivity index (χ0) is 22.0. The number of nitrogens with zero attached hydrogens (tertiary/aromatic N) is 3. The molecule has 0 radical (unpaired) electrons. The fourth-order valence-corrected chi connectivity index (χ4v) is 5.07. The Kier molecular flexibility index (Phi) is 6.08. The summed E-state index contributed by atoms with van der Waals surface area (Å²) in [7, 11) is -1.94. The van der Waals surface area contributed by atoms with Gasteiger partial charge in [-0.25, -0.2) is 4.79 Å². The molecule has 164 valence electrons. The third kappa shape index (κ3) is 4.34. The molecule has 2 aromatic rings. The number of carbonyl (C=O) groups is 1. The van der Waals surface area contributed by atoms with E-state index in [9.17, 15) is 13.2 Å². The molecule has 2 heterocycles. The summed E-state index contributed by atoms with van der Waals surface area (Å²) >= 11 is 0. The molecule has 2 aliphatic rings. The van der Waals surface area contributed by atoms with Crippen molar-refractivity contribution in [3.8, 4) is 5.75 Å². The van der Waals surface area contributed by atoms with Gasteiger partial charge in [0.05, 0.1) is 13.2 Å². The maximum atomic E-state index is 12.7. The highest BCUT2D eigenvalue weighted by atomic mass is 32.2. The van der Waals surface area contributed by atoms with Gasteiger partial charge in [0, 0.05) is 31.4 Å². The molecule has 0 bridgehead atoms. The lowest BCUT2D eigenvalue weighted by Gasteiger charge is -2.32. The third-order valence-corrected chi connectivity index (χ3v) is 6.84. The zero-order valence-corrected chi connectivity index (χ0v) is 18.3. The van der Waals surface area contributed by atoms with Crippen molar-refractivity contribution < 1.29 is 22.7 Å². The van der Waals surface area contributed by atoms with Crippen molar-refractivity contribution in [2.45, 2.75) is 24.3 Å². The lowest BCUT2D eigenvalue weighted by atomic mass is 10.1. The van der Waals surface area contributed by atoms with Crippen molar-refractivity contribution in [1.29, 1.82) is 0 Å². The first-order valence-electron chi connectivity index (χ1n) is 10.2. The number of amidine groups is 1. The number of morpholine rings is 1. The van der Waals surface area contributed by atoms with Gasteiger partial charge < -0.3 is 14.4 Å². The molecule has 2 aliphatic heterocycles. The molecule has 0 saturated carbocycles. The second kappa shape index (κ2) is 8.78. The minimum atomic E-state index is -3.69. The van der Waals surface area contributed by atoms with Crippen molar-refractivity contribution in [1.82, 2.24) is 4.90 Å². The van der Waals surface area contributed by atoms with Crippen LogP contribution in [0.3, 0.4) is 0 Å². The van der Waals surface area contributed by atoms with Crippen LogP contribution in [0.15, 0.2) is 57.8 Å². The quantitative estimate of drug-likeness (QED) is 0.517. The number of anilines is 1. The summed E-state index contributed by atoms with van der Waals surface area (Å²) in [5.41, 5.74) is 1.29. The van der Waals surface area contributed by atoms with E-state index in [2.05, 4.69) is 9.30 Å². The van der Waals surface area contributed by atoms with Gasteiger partial charge in [0.15, 0.2) is 5.84 Å². The molecule has 8 nitrogen and oxygen atoms in total. The summed E-state index contributed by atoms with van der Waals surface area (Å²) in [6.07, 6.45) is 0.660. The number of ether oxygens (including phenoxy) is 2. The van der Waals surface area contributed by atoms with E-state index in [1.807, 2.05) is 6.92 Å². The first kappa shape index (κ1) is 21.5. The van der Waals surface area contributed by atoms with Gasteiger partial charge in [0.25, 0.3) is 10.0 Å². The zero-order valence-electron chi connectivity index (χ0n) is 17.5. The van der Waals surface area contributed by atoms with Crippen LogP contribution in [0.4, 0.5) is 5.69 Å². The number of benzene rings is 2. The van der Waals surface area contributed by atoms with Crippen LogP contribution >= 0.6 is 0 Å². The molecule has 4 rings (SSSR count). The fourth-order valence-electron chi connectivity index (χ4n) is 3.84. The van der Waals surface area contributed by atoms with E-state index in [1.54, 1.807) is 60.5 Å². The number of fused-ring (bicyclic) bond motifs is 1. The number of rotatable bonds is 5. The van der Waals surface area contributed by atoms with Crippen molar-refractivity contribution in [2.24, 2.45) is 4.40 Å². The molecule has 31 heavy (non-hydrogen) atoms. The van der Waals surface area contributed by atoms with E-state index < -0.39 is 10.0 Å². The van der Waals surface area contributed by atoms with Gasteiger partial charge >= 0.3 is 5.97 Å². The summed E-state index contributed by atoms with van der Waals surface area (Å²) < 4.78 is 39.5. The highest BCUT2D eigenvalue weighted by molar-refractivity contribution is 7.90. The number of hydrogen-bond donors (Lipinski definition) is 0. The maximum Gasteiger partial charge on any atom is 0.328 e. The summed E-state index contributed by atoms with van der Waals surface area (Å²) in [5.74, 6) is 0.514. The van der Waals surface area contributed by atoms with Gasteiger partial charge in [0.2, 0.25) is 0 Å². The number of esters is 1. The van der Waals surface area contributed by atoms with Crippen molar-refractivity contribution in [3.05, 3.63) is 54.1 Å². The summed E-state index contributed by atoms with van der Waals surface area (Å²) in [6.45, 7) is 4.63. The highest BCUT2D eigenvalue weighted by Crippen LogP contribution is 2.29. The first-order chi connectivity index (χ1) is 14.9. The Morgan fingerprint density at radius 2 is 1.84 bits per heavy atom. The predicted octanol–water partition coefficient (Wildman–Crippen LogP) is 2.29. The second-order valence-corrected chi connectivity index (χ2v) is 9.01. The third-order valence-electron chi connectivity index (χ3n) is 5.52. The van der Waals surface area contributed by atoms with E-state index in [4.69, 9.17) is 9.47 Å². The smallest absolute Gasteiger partial charge is 0.328 e. The molecule has 0 unspecified atom stereocenters. The largest absolute Gasteiger partial charge is 0.425 e.